The Morgan fingerprint density at radius 2 is 1.92 bits per heavy atom. The predicted molar refractivity (Wildman–Crippen MR) is 89.0 cm³/mol. The molecule has 0 radical (unpaired) electrons. The normalized spacial score (nSPS) is 30.1. The molecule has 3 rings (SSSR count). The molecule has 1 aliphatic carbocycles. The van der Waals surface area contributed by atoms with Crippen LogP contribution in [-0.2, 0) is 14.3 Å². The highest BCUT2D eigenvalue weighted by Gasteiger charge is 2.37. The zero-order chi connectivity index (χ0) is 17.2. The molecule has 1 saturated carbocycles. The van der Waals surface area contributed by atoms with Crippen molar-refractivity contribution in [3.63, 3.8) is 0 Å². The van der Waals surface area contributed by atoms with E-state index in [1.807, 2.05) is 4.90 Å². The molecule has 0 unspecified atom stereocenters. The monoisotopic (exact) mass is 338 g/mol. The zero-order valence-corrected chi connectivity index (χ0v) is 14.4. The summed E-state index contributed by atoms with van der Waals surface area (Å²) in [7, 11) is 0. The maximum atomic E-state index is 12.3. The highest BCUT2D eigenvalue weighted by molar-refractivity contribution is 5.77. The molecule has 3 aliphatic rings. The summed E-state index contributed by atoms with van der Waals surface area (Å²) in [6, 6.07) is 0. The lowest BCUT2D eigenvalue weighted by molar-refractivity contribution is -0.135. The summed E-state index contributed by atoms with van der Waals surface area (Å²) in [6.07, 6.45) is 7.29. The Balaban J connectivity index is 1.39. The lowest BCUT2D eigenvalue weighted by Crippen LogP contribution is -2.42. The SMILES string of the molecule is NC(=O)[C@@H]1CCO[C@@H]1CC1CCN(C(=O)CCC2(O)CCC2)CC1. The molecule has 3 fully saturated rings. The van der Waals surface area contributed by atoms with Gasteiger partial charge in [0.1, 0.15) is 0 Å². The van der Waals surface area contributed by atoms with Crippen LogP contribution in [0, 0.1) is 11.8 Å². The molecule has 6 heteroatoms. The van der Waals surface area contributed by atoms with E-state index in [-0.39, 0.29) is 23.8 Å². The van der Waals surface area contributed by atoms with E-state index in [2.05, 4.69) is 0 Å². The summed E-state index contributed by atoms with van der Waals surface area (Å²) < 4.78 is 5.69. The van der Waals surface area contributed by atoms with Crippen LogP contribution in [0.5, 0.6) is 0 Å². The number of ether oxygens (including phenoxy) is 1. The number of rotatable bonds is 6. The smallest absolute Gasteiger partial charge is 0.223 e. The van der Waals surface area contributed by atoms with Gasteiger partial charge in [0, 0.05) is 26.1 Å². The van der Waals surface area contributed by atoms with Gasteiger partial charge in [-0.3, -0.25) is 9.59 Å². The molecule has 24 heavy (non-hydrogen) atoms. The molecule has 0 aromatic carbocycles. The second-order valence-electron chi connectivity index (χ2n) is 7.84. The first-order valence-corrected chi connectivity index (χ1v) is 9.38. The van der Waals surface area contributed by atoms with Crippen LogP contribution >= 0.6 is 0 Å². The van der Waals surface area contributed by atoms with Gasteiger partial charge in [-0.2, -0.15) is 0 Å². The quantitative estimate of drug-likeness (QED) is 0.761. The van der Waals surface area contributed by atoms with Crippen molar-refractivity contribution in [2.45, 2.75) is 69.5 Å². The number of carbonyl (C=O) groups excluding carboxylic acids is 2. The summed E-state index contributed by atoms with van der Waals surface area (Å²) in [4.78, 5) is 25.7. The second kappa shape index (κ2) is 7.40. The van der Waals surface area contributed by atoms with Gasteiger partial charge < -0.3 is 20.5 Å². The first-order valence-electron chi connectivity index (χ1n) is 9.38. The van der Waals surface area contributed by atoms with Crippen molar-refractivity contribution in [1.82, 2.24) is 4.90 Å². The van der Waals surface area contributed by atoms with Gasteiger partial charge in [0.15, 0.2) is 0 Å². The van der Waals surface area contributed by atoms with Crippen LogP contribution in [0.2, 0.25) is 0 Å². The molecule has 2 heterocycles. The van der Waals surface area contributed by atoms with Gasteiger partial charge in [-0.05, 0) is 57.3 Å². The standard InChI is InChI=1S/C18H30N2O4/c19-17(22)14-5-11-24-15(14)12-13-3-9-20(10-4-13)16(21)2-8-18(23)6-1-7-18/h13-15,23H,1-12H2,(H2,19,22)/t14-,15-/m1/s1. The summed E-state index contributed by atoms with van der Waals surface area (Å²) >= 11 is 0. The van der Waals surface area contributed by atoms with E-state index in [1.165, 1.54) is 0 Å². The molecule has 0 spiro atoms. The summed E-state index contributed by atoms with van der Waals surface area (Å²) in [5, 5.41) is 10.1. The van der Waals surface area contributed by atoms with Crippen LogP contribution in [0.4, 0.5) is 0 Å². The Labute approximate surface area is 143 Å². The van der Waals surface area contributed by atoms with Gasteiger partial charge in [0.2, 0.25) is 11.8 Å². The number of carbonyl (C=O) groups is 2. The number of nitrogens with zero attached hydrogens (tertiary/aromatic N) is 1. The van der Waals surface area contributed by atoms with Crippen molar-refractivity contribution in [1.29, 1.82) is 0 Å². The number of likely N-dealkylation sites (tertiary alicyclic amines) is 1. The summed E-state index contributed by atoms with van der Waals surface area (Å²) in [5.74, 6) is 0.266. The van der Waals surface area contributed by atoms with Crippen molar-refractivity contribution < 1.29 is 19.4 Å². The Morgan fingerprint density at radius 1 is 1.21 bits per heavy atom. The number of hydrogen-bond donors (Lipinski definition) is 2. The van der Waals surface area contributed by atoms with E-state index in [1.54, 1.807) is 0 Å². The maximum Gasteiger partial charge on any atom is 0.223 e. The molecule has 2 aliphatic heterocycles. The highest BCUT2D eigenvalue weighted by atomic mass is 16.5. The number of nitrogens with two attached hydrogens (primary N) is 1. The highest BCUT2D eigenvalue weighted by Crippen LogP contribution is 2.36. The first-order chi connectivity index (χ1) is 11.5. The van der Waals surface area contributed by atoms with Crippen LogP contribution in [0.1, 0.15) is 57.8 Å². The first kappa shape index (κ1) is 17.7. The van der Waals surface area contributed by atoms with E-state index in [9.17, 15) is 14.7 Å². The average Bonchev–Trinajstić information content (AvgIpc) is 3.00. The molecule has 0 aromatic rings. The lowest BCUT2D eigenvalue weighted by Gasteiger charge is -2.38. The number of primary amides is 1. The van der Waals surface area contributed by atoms with Crippen molar-refractivity contribution in [3.8, 4) is 0 Å². The van der Waals surface area contributed by atoms with E-state index in [4.69, 9.17) is 10.5 Å². The average molecular weight is 338 g/mol. The topological polar surface area (TPSA) is 92.9 Å². The maximum absolute atomic E-state index is 12.3. The summed E-state index contributed by atoms with van der Waals surface area (Å²) in [5.41, 5.74) is 4.88. The Morgan fingerprint density at radius 3 is 2.50 bits per heavy atom. The second-order valence-corrected chi connectivity index (χ2v) is 7.84. The van der Waals surface area contributed by atoms with Crippen LogP contribution < -0.4 is 5.73 Å². The van der Waals surface area contributed by atoms with E-state index < -0.39 is 5.60 Å². The predicted octanol–water partition coefficient (Wildman–Crippen LogP) is 1.20. The van der Waals surface area contributed by atoms with E-state index in [0.717, 1.165) is 58.0 Å². The Hall–Kier alpha value is -1.14. The molecular weight excluding hydrogens is 308 g/mol. The van der Waals surface area contributed by atoms with Crippen molar-refractivity contribution >= 4 is 11.8 Å². The molecule has 2 atom stereocenters. The molecule has 136 valence electrons. The molecule has 0 bridgehead atoms. The van der Waals surface area contributed by atoms with Crippen LogP contribution in [0.3, 0.4) is 0 Å². The van der Waals surface area contributed by atoms with E-state index >= 15 is 0 Å². The van der Waals surface area contributed by atoms with Gasteiger partial charge in [-0.1, -0.05) is 0 Å². The molecule has 0 aromatic heterocycles. The molecule has 3 N–H and O–H groups in total. The zero-order valence-electron chi connectivity index (χ0n) is 14.4. The third-order valence-corrected chi connectivity index (χ3v) is 6.20. The van der Waals surface area contributed by atoms with Crippen molar-refractivity contribution in [2.24, 2.45) is 17.6 Å². The Kier molecular flexibility index (Phi) is 5.45. The van der Waals surface area contributed by atoms with Gasteiger partial charge in [0.05, 0.1) is 17.6 Å². The number of hydrogen-bond acceptors (Lipinski definition) is 4. The minimum atomic E-state index is -0.572. The molecule has 2 saturated heterocycles. The summed E-state index contributed by atoms with van der Waals surface area (Å²) in [6.45, 7) is 2.17. The van der Waals surface area contributed by atoms with Gasteiger partial charge in [0.25, 0.3) is 0 Å². The lowest BCUT2D eigenvalue weighted by atomic mass is 9.77. The fourth-order valence-corrected chi connectivity index (χ4v) is 4.29. The molecular formula is C18H30N2O4. The molecule has 6 nitrogen and oxygen atoms in total. The fourth-order valence-electron chi connectivity index (χ4n) is 4.29. The number of piperidine rings is 1. The number of aliphatic hydroxyl groups is 1. The minimum absolute atomic E-state index is 0.0392. The molecule has 2 amide bonds. The van der Waals surface area contributed by atoms with E-state index in [0.29, 0.717) is 25.4 Å². The van der Waals surface area contributed by atoms with Crippen LogP contribution in [-0.4, -0.2) is 53.2 Å². The van der Waals surface area contributed by atoms with Crippen molar-refractivity contribution in [2.75, 3.05) is 19.7 Å². The van der Waals surface area contributed by atoms with Gasteiger partial charge in [-0.25, -0.2) is 0 Å². The third-order valence-electron chi connectivity index (χ3n) is 6.20. The fraction of sp³-hybridized carbons (Fsp3) is 0.889. The number of amides is 2. The van der Waals surface area contributed by atoms with Gasteiger partial charge >= 0.3 is 0 Å². The third kappa shape index (κ3) is 4.09. The van der Waals surface area contributed by atoms with Crippen molar-refractivity contribution in [3.05, 3.63) is 0 Å². The minimum Gasteiger partial charge on any atom is -0.390 e. The van der Waals surface area contributed by atoms with Crippen LogP contribution in [0.25, 0.3) is 0 Å². The largest absolute Gasteiger partial charge is 0.390 e. The Bertz CT molecular complexity index is 470. The van der Waals surface area contributed by atoms with Crippen LogP contribution in [0.15, 0.2) is 0 Å². The van der Waals surface area contributed by atoms with Gasteiger partial charge in [-0.15, -0.1) is 0 Å².